The number of ether oxygens (including phenoxy) is 1. The van der Waals surface area contributed by atoms with Crippen LogP contribution in [-0.4, -0.2) is 55.9 Å². The molecule has 1 saturated carbocycles. The molecule has 2 heterocycles. The van der Waals surface area contributed by atoms with Gasteiger partial charge in [0.2, 0.25) is 11.7 Å². The summed E-state index contributed by atoms with van der Waals surface area (Å²) in [5, 5.41) is 27.6. The van der Waals surface area contributed by atoms with Crippen LogP contribution in [0.5, 0.6) is 5.75 Å². The number of carbonyl (C=O) groups is 2. The number of methoxy groups -OCH3 is 1. The number of tetrazole rings is 1. The molecular formula is C21H24N8O4. The molecule has 0 unspecified atom stereocenters. The number of rotatable bonds is 7. The molecule has 4 rings (SSSR count). The van der Waals surface area contributed by atoms with Crippen molar-refractivity contribution in [2.24, 2.45) is 18.0 Å². The Bertz CT molecular complexity index is 1280. The van der Waals surface area contributed by atoms with E-state index in [2.05, 4.69) is 31.0 Å². The van der Waals surface area contributed by atoms with Crippen molar-refractivity contribution < 1.29 is 19.4 Å². The van der Waals surface area contributed by atoms with Crippen LogP contribution < -0.4 is 20.7 Å². The Morgan fingerprint density at radius 3 is 2.73 bits per heavy atom. The molecule has 172 valence electrons. The number of pyridine rings is 1. The molecule has 3 aromatic rings. The second-order valence-corrected chi connectivity index (χ2v) is 7.48. The van der Waals surface area contributed by atoms with Gasteiger partial charge in [-0.25, -0.2) is 4.99 Å². The Morgan fingerprint density at radius 2 is 2.12 bits per heavy atom. The molecule has 1 aliphatic carbocycles. The number of anilines is 1. The van der Waals surface area contributed by atoms with Crippen molar-refractivity contribution in [3.05, 3.63) is 41.4 Å². The molecular weight excluding hydrogens is 428 g/mol. The molecule has 0 radical (unpaired) electrons. The fourth-order valence-electron chi connectivity index (χ4n) is 3.31. The molecule has 1 aromatic carbocycles. The van der Waals surface area contributed by atoms with E-state index in [1.807, 2.05) is 0 Å². The van der Waals surface area contributed by atoms with Gasteiger partial charge in [-0.1, -0.05) is 6.07 Å². The van der Waals surface area contributed by atoms with E-state index < -0.39 is 12.6 Å². The third-order valence-corrected chi connectivity index (χ3v) is 5.16. The molecule has 12 nitrogen and oxygen atoms in total. The normalized spacial score (nSPS) is 13.6. The first kappa shape index (κ1) is 22.1. The second kappa shape index (κ2) is 9.20. The van der Waals surface area contributed by atoms with Crippen LogP contribution in [0.3, 0.4) is 0 Å². The summed E-state index contributed by atoms with van der Waals surface area (Å²) in [7, 11) is 4.66. The zero-order chi connectivity index (χ0) is 23.5. The lowest BCUT2D eigenvalue weighted by atomic mass is 10.1. The minimum absolute atomic E-state index is 0.0348. The minimum Gasteiger partial charge on any atom is -0.494 e. The van der Waals surface area contributed by atoms with E-state index in [4.69, 9.17) is 4.74 Å². The van der Waals surface area contributed by atoms with Gasteiger partial charge >= 0.3 is 0 Å². The fourth-order valence-corrected chi connectivity index (χ4v) is 3.31. The molecule has 2 aromatic heterocycles. The molecule has 33 heavy (non-hydrogen) atoms. The monoisotopic (exact) mass is 452 g/mol. The summed E-state index contributed by atoms with van der Waals surface area (Å²) in [6, 6.07) is 6.81. The zero-order valence-electron chi connectivity index (χ0n) is 18.4. The van der Waals surface area contributed by atoms with Gasteiger partial charge in [0, 0.05) is 25.2 Å². The molecule has 0 spiro atoms. The van der Waals surface area contributed by atoms with Crippen LogP contribution in [0, 0.1) is 5.92 Å². The summed E-state index contributed by atoms with van der Waals surface area (Å²) >= 11 is 0. The quantitative estimate of drug-likeness (QED) is 0.475. The molecule has 12 heteroatoms. The van der Waals surface area contributed by atoms with Crippen molar-refractivity contribution in [2.75, 3.05) is 19.5 Å². The molecule has 0 saturated heterocycles. The van der Waals surface area contributed by atoms with Gasteiger partial charge in [0.15, 0.2) is 5.75 Å². The highest BCUT2D eigenvalue weighted by molar-refractivity contribution is 5.95. The smallest absolute Gasteiger partial charge is 0.254 e. The van der Waals surface area contributed by atoms with E-state index in [0.29, 0.717) is 28.6 Å². The van der Waals surface area contributed by atoms with Gasteiger partial charge in [-0.2, -0.15) is 4.80 Å². The number of hydrogen-bond acceptors (Lipinski definition) is 8. The first-order valence-corrected chi connectivity index (χ1v) is 10.3. The predicted octanol–water partition coefficient (Wildman–Crippen LogP) is 0.577. The molecule has 2 amide bonds. The lowest BCUT2D eigenvalue weighted by molar-refractivity contribution is -0.117. The van der Waals surface area contributed by atoms with Crippen molar-refractivity contribution in [3.63, 3.8) is 0 Å². The van der Waals surface area contributed by atoms with Gasteiger partial charge in [0.25, 0.3) is 5.91 Å². The van der Waals surface area contributed by atoms with Crippen LogP contribution in [0.4, 0.5) is 11.5 Å². The number of aliphatic hydroxyl groups is 1. The van der Waals surface area contributed by atoms with E-state index in [9.17, 15) is 14.7 Å². The minimum atomic E-state index is -0.429. The van der Waals surface area contributed by atoms with Crippen LogP contribution in [0.1, 0.15) is 23.2 Å². The lowest BCUT2D eigenvalue weighted by Crippen LogP contribution is -2.29. The van der Waals surface area contributed by atoms with Crippen LogP contribution >= 0.6 is 0 Å². The Labute approximate surface area is 188 Å². The largest absolute Gasteiger partial charge is 0.494 e. The third-order valence-electron chi connectivity index (χ3n) is 5.16. The summed E-state index contributed by atoms with van der Waals surface area (Å²) in [5.41, 5.74) is 1.21. The number of benzene rings is 1. The SMILES string of the molecule is CNC(=O)c1cn(CO)c(NC(=O)C2CC2)cc1=Nc1cccc(-c2nnn(C)n2)c1OC. The fraction of sp³-hybridized carbons (Fsp3) is 0.333. The first-order chi connectivity index (χ1) is 15.9. The Balaban J connectivity index is 1.88. The second-order valence-electron chi connectivity index (χ2n) is 7.48. The lowest BCUT2D eigenvalue weighted by Gasteiger charge is -2.15. The number of para-hydroxylation sites is 1. The number of amides is 2. The van der Waals surface area contributed by atoms with Crippen molar-refractivity contribution in [1.29, 1.82) is 0 Å². The van der Waals surface area contributed by atoms with Crippen LogP contribution in [0.2, 0.25) is 0 Å². The van der Waals surface area contributed by atoms with E-state index in [1.165, 1.54) is 29.7 Å². The highest BCUT2D eigenvalue weighted by Gasteiger charge is 2.30. The van der Waals surface area contributed by atoms with Crippen LogP contribution in [0.15, 0.2) is 35.5 Å². The number of nitrogens with one attached hydrogen (secondary N) is 2. The maximum absolute atomic E-state index is 12.6. The molecule has 0 atom stereocenters. The summed E-state index contributed by atoms with van der Waals surface area (Å²) in [5.74, 6) is 0.516. The third kappa shape index (κ3) is 4.60. The standard InChI is InChI=1S/C21H24N8O4/c1-22-21(32)14-10-29(11-30)17(24-20(31)12-7-8-12)9-16(14)23-15-6-4-5-13(18(15)33-3)19-25-27-28(2)26-19/h4-6,9-10,12,30H,7-8,11H2,1-3H3,(H,22,32)(H,24,31). The Morgan fingerprint density at radius 1 is 1.33 bits per heavy atom. The first-order valence-electron chi connectivity index (χ1n) is 10.3. The van der Waals surface area contributed by atoms with Crippen molar-refractivity contribution in [1.82, 2.24) is 30.1 Å². The van der Waals surface area contributed by atoms with Crippen molar-refractivity contribution >= 4 is 23.3 Å². The van der Waals surface area contributed by atoms with Crippen molar-refractivity contribution in [2.45, 2.75) is 19.6 Å². The number of hydrogen-bond donors (Lipinski definition) is 3. The summed E-state index contributed by atoms with van der Waals surface area (Å²) in [6.45, 7) is -0.429. The number of carbonyl (C=O) groups excluding carboxylic acids is 2. The van der Waals surface area contributed by atoms with Crippen LogP contribution in [0.25, 0.3) is 11.4 Å². The number of nitrogens with zero attached hydrogens (tertiary/aromatic N) is 6. The summed E-state index contributed by atoms with van der Waals surface area (Å²) in [4.78, 5) is 30.9. The van der Waals surface area contributed by atoms with Crippen molar-refractivity contribution in [3.8, 4) is 17.1 Å². The van der Waals surface area contributed by atoms with Gasteiger partial charge in [-0.3, -0.25) is 9.59 Å². The average molecular weight is 452 g/mol. The molecule has 0 aliphatic heterocycles. The molecule has 3 N–H and O–H groups in total. The number of aryl methyl sites for hydroxylation is 1. The van der Waals surface area contributed by atoms with Gasteiger partial charge < -0.3 is 25.0 Å². The highest BCUT2D eigenvalue weighted by atomic mass is 16.5. The number of aromatic nitrogens is 5. The number of aliphatic hydroxyl groups excluding tert-OH is 1. The van der Waals surface area contributed by atoms with Gasteiger partial charge in [-0.15, -0.1) is 10.2 Å². The van der Waals surface area contributed by atoms with E-state index in [-0.39, 0.29) is 22.7 Å². The van der Waals surface area contributed by atoms with Gasteiger partial charge in [0.05, 0.1) is 30.6 Å². The predicted molar refractivity (Wildman–Crippen MR) is 117 cm³/mol. The van der Waals surface area contributed by atoms with E-state index in [1.54, 1.807) is 31.3 Å². The summed E-state index contributed by atoms with van der Waals surface area (Å²) < 4.78 is 6.97. The van der Waals surface area contributed by atoms with Gasteiger partial charge in [0.1, 0.15) is 18.2 Å². The summed E-state index contributed by atoms with van der Waals surface area (Å²) in [6.07, 6.45) is 3.11. The molecule has 0 bridgehead atoms. The van der Waals surface area contributed by atoms with E-state index in [0.717, 1.165) is 12.8 Å². The van der Waals surface area contributed by atoms with Crippen LogP contribution in [-0.2, 0) is 18.6 Å². The maximum atomic E-state index is 12.6. The van der Waals surface area contributed by atoms with Gasteiger partial charge in [-0.05, 0) is 30.2 Å². The highest BCUT2D eigenvalue weighted by Crippen LogP contribution is 2.36. The Kier molecular flexibility index (Phi) is 6.18. The molecule has 1 fully saturated rings. The average Bonchev–Trinajstić information content (AvgIpc) is 3.59. The zero-order valence-corrected chi connectivity index (χ0v) is 18.4. The maximum Gasteiger partial charge on any atom is 0.254 e. The molecule has 1 aliphatic rings. The van der Waals surface area contributed by atoms with E-state index >= 15 is 0 Å². The Hall–Kier alpha value is -4.06. The topological polar surface area (TPSA) is 149 Å².